The van der Waals surface area contributed by atoms with E-state index in [1.807, 2.05) is 0 Å². The molecule has 3 atom stereocenters. The first kappa shape index (κ1) is 21.8. The standard InChI is InChI=1S/C22H25N3O7/c1-25(2)12-5-9(7-23)17(27)15-11(12)4-8-3-10-6-13(26)16(21(24)31)20(30)22(10,32)19(29)14(8)18(15)28/h5,8,10,26-27,29,32H,3-4,6-7,23H2,1-2H3,(H2,24,31)/t8?,10?,22-/m0/s1. The molecule has 1 amide bonds. The third-order valence-corrected chi connectivity index (χ3v) is 6.82. The molecule has 8 N–H and O–H groups in total. The van der Waals surface area contributed by atoms with Gasteiger partial charge in [-0.3, -0.25) is 14.4 Å². The maximum atomic E-state index is 13.5. The molecule has 3 aliphatic rings. The predicted molar refractivity (Wildman–Crippen MR) is 113 cm³/mol. The highest BCUT2D eigenvalue weighted by Gasteiger charge is 2.59. The molecule has 0 aromatic heterocycles. The number of carbonyl (C=O) groups is 3. The van der Waals surface area contributed by atoms with E-state index in [0.717, 1.165) is 0 Å². The summed E-state index contributed by atoms with van der Waals surface area (Å²) in [5.41, 5.74) is 8.93. The van der Waals surface area contributed by atoms with E-state index in [2.05, 4.69) is 0 Å². The monoisotopic (exact) mass is 443 g/mol. The van der Waals surface area contributed by atoms with Gasteiger partial charge in [-0.15, -0.1) is 0 Å². The number of allylic oxidation sites excluding steroid dienone is 2. The molecule has 0 aliphatic heterocycles. The van der Waals surface area contributed by atoms with Crippen molar-refractivity contribution in [2.45, 2.75) is 31.4 Å². The lowest BCUT2D eigenvalue weighted by molar-refractivity contribution is -0.144. The van der Waals surface area contributed by atoms with Gasteiger partial charge in [-0.2, -0.15) is 0 Å². The number of aliphatic hydroxyl groups is 3. The van der Waals surface area contributed by atoms with Crippen LogP contribution in [0.4, 0.5) is 5.69 Å². The van der Waals surface area contributed by atoms with Crippen molar-refractivity contribution in [3.05, 3.63) is 45.4 Å². The zero-order valence-corrected chi connectivity index (χ0v) is 17.7. The molecule has 1 aromatic carbocycles. The average Bonchev–Trinajstić information content (AvgIpc) is 2.70. The summed E-state index contributed by atoms with van der Waals surface area (Å²) >= 11 is 0. The van der Waals surface area contributed by atoms with Gasteiger partial charge < -0.3 is 36.8 Å². The molecule has 3 aliphatic carbocycles. The van der Waals surface area contributed by atoms with Crippen LogP contribution in [0.1, 0.15) is 34.3 Å². The first-order valence-electron chi connectivity index (χ1n) is 10.2. The second-order valence-corrected chi connectivity index (χ2v) is 8.77. The molecule has 2 unspecified atom stereocenters. The van der Waals surface area contributed by atoms with Crippen LogP contribution in [-0.2, 0) is 22.6 Å². The zero-order chi connectivity index (χ0) is 23.7. The van der Waals surface area contributed by atoms with Crippen LogP contribution < -0.4 is 16.4 Å². The summed E-state index contributed by atoms with van der Waals surface area (Å²) in [5.74, 6) is -6.45. The Bertz CT molecular complexity index is 1150. The van der Waals surface area contributed by atoms with Gasteiger partial charge in [-0.05, 0) is 30.4 Å². The van der Waals surface area contributed by atoms with E-state index in [4.69, 9.17) is 11.5 Å². The molecule has 0 bridgehead atoms. The van der Waals surface area contributed by atoms with Gasteiger partial charge in [0.15, 0.2) is 11.4 Å². The van der Waals surface area contributed by atoms with Gasteiger partial charge in [-0.25, -0.2) is 0 Å². The van der Waals surface area contributed by atoms with Gasteiger partial charge >= 0.3 is 0 Å². The predicted octanol–water partition coefficient (Wildman–Crippen LogP) is 0.105. The van der Waals surface area contributed by atoms with E-state index in [0.29, 0.717) is 16.8 Å². The first-order valence-corrected chi connectivity index (χ1v) is 10.2. The molecule has 0 saturated carbocycles. The number of ketones is 2. The van der Waals surface area contributed by atoms with E-state index >= 15 is 0 Å². The van der Waals surface area contributed by atoms with E-state index in [1.165, 1.54) is 0 Å². The molecule has 0 radical (unpaired) electrons. The van der Waals surface area contributed by atoms with Crippen molar-refractivity contribution in [2.75, 3.05) is 19.0 Å². The number of hydrogen-bond acceptors (Lipinski definition) is 9. The summed E-state index contributed by atoms with van der Waals surface area (Å²) in [5, 5.41) is 43.2. The van der Waals surface area contributed by atoms with Crippen LogP contribution in [0.15, 0.2) is 28.7 Å². The van der Waals surface area contributed by atoms with E-state index in [1.54, 1.807) is 25.1 Å². The van der Waals surface area contributed by atoms with Gasteiger partial charge in [0.2, 0.25) is 5.78 Å². The fraction of sp³-hybridized carbons (Fsp3) is 0.409. The Kier molecular flexibility index (Phi) is 4.83. The minimum Gasteiger partial charge on any atom is -0.511 e. The quantitative estimate of drug-likeness (QED) is 0.352. The summed E-state index contributed by atoms with van der Waals surface area (Å²) < 4.78 is 0. The van der Waals surface area contributed by atoms with Crippen molar-refractivity contribution in [1.29, 1.82) is 0 Å². The Morgan fingerprint density at radius 3 is 2.44 bits per heavy atom. The van der Waals surface area contributed by atoms with Crippen LogP contribution in [0.3, 0.4) is 0 Å². The number of phenols is 1. The van der Waals surface area contributed by atoms with Gasteiger partial charge in [0.05, 0.1) is 5.56 Å². The van der Waals surface area contributed by atoms with E-state index in [-0.39, 0.29) is 42.7 Å². The lowest BCUT2D eigenvalue weighted by Gasteiger charge is -2.46. The molecule has 170 valence electrons. The van der Waals surface area contributed by atoms with Gasteiger partial charge in [-0.1, -0.05) is 0 Å². The molecule has 0 fully saturated rings. The minimum absolute atomic E-state index is 0.0295. The first-order chi connectivity index (χ1) is 14.9. The van der Waals surface area contributed by atoms with Crippen molar-refractivity contribution in [3.63, 3.8) is 0 Å². The number of carbonyl (C=O) groups excluding carboxylic acids is 3. The van der Waals surface area contributed by atoms with E-state index < -0.39 is 52.0 Å². The number of rotatable bonds is 3. The molecular formula is C22H25N3O7. The van der Waals surface area contributed by atoms with Crippen LogP contribution in [0.5, 0.6) is 5.75 Å². The highest BCUT2D eigenvalue weighted by atomic mass is 16.3. The molecule has 0 heterocycles. The second-order valence-electron chi connectivity index (χ2n) is 8.77. The number of hydrogen-bond donors (Lipinski definition) is 6. The Labute approximate surface area is 183 Å². The van der Waals surface area contributed by atoms with Crippen LogP contribution in [0.25, 0.3) is 0 Å². The number of benzene rings is 1. The van der Waals surface area contributed by atoms with Crippen LogP contribution >= 0.6 is 0 Å². The van der Waals surface area contributed by atoms with Crippen molar-refractivity contribution in [2.24, 2.45) is 23.3 Å². The molecule has 10 heteroatoms. The number of nitrogens with two attached hydrogens (primary N) is 2. The molecular weight excluding hydrogens is 418 g/mol. The smallest absolute Gasteiger partial charge is 0.255 e. The number of amides is 1. The largest absolute Gasteiger partial charge is 0.511 e. The normalized spacial score (nSPS) is 27.1. The summed E-state index contributed by atoms with van der Waals surface area (Å²) in [6.07, 6.45) is 0.0861. The topological polar surface area (TPSA) is 187 Å². The third kappa shape index (κ3) is 2.69. The van der Waals surface area contributed by atoms with Gasteiger partial charge in [0, 0.05) is 49.8 Å². The Morgan fingerprint density at radius 2 is 1.88 bits per heavy atom. The number of aliphatic hydroxyl groups excluding tert-OH is 2. The number of nitrogens with zero attached hydrogens (tertiary/aromatic N) is 1. The number of Topliss-reactive ketones (excluding diaryl/α,β-unsaturated/α-hetero) is 2. The van der Waals surface area contributed by atoms with E-state index in [9.17, 15) is 34.8 Å². The number of phenolic OH excluding ortho intramolecular Hbond substituents is 1. The molecule has 32 heavy (non-hydrogen) atoms. The summed E-state index contributed by atoms with van der Waals surface area (Å²) in [4.78, 5) is 39.9. The van der Waals surface area contributed by atoms with Crippen LogP contribution in [0, 0.1) is 11.8 Å². The van der Waals surface area contributed by atoms with Crippen LogP contribution in [0.2, 0.25) is 0 Å². The molecule has 10 nitrogen and oxygen atoms in total. The van der Waals surface area contributed by atoms with Crippen molar-refractivity contribution in [1.82, 2.24) is 0 Å². The average molecular weight is 443 g/mol. The zero-order valence-electron chi connectivity index (χ0n) is 17.7. The fourth-order valence-corrected chi connectivity index (χ4v) is 5.28. The molecule has 0 saturated heterocycles. The van der Waals surface area contributed by atoms with Crippen molar-refractivity contribution >= 4 is 23.2 Å². The van der Waals surface area contributed by atoms with Gasteiger partial charge in [0.25, 0.3) is 5.91 Å². The van der Waals surface area contributed by atoms with Crippen LogP contribution in [-0.4, -0.2) is 57.6 Å². The third-order valence-electron chi connectivity index (χ3n) is 6.82. The number of primary amides is 1. The highest BCUT2D eigenvalue weighted by Crippen LogP contribution is 2.52. The Balaban J connectivity index is 1.95. The lowest BCUT2D eigenvalue weighted by atomic mass is 9.60. The second kappa shape index (κ2) is 7.07. The SMILES string of the molecule is CN(C)c1cc(CN)c(O)c2c1CC1CC3CC(O)=C(C(N)=O)C(=O)[C@@]3(O)C(O)=C1C2=O. The van der Waals surface area contributed by atoms with Crippen molar-refractivity contribution < 1.29 is 34.8 Å². The summed E-state index contributed by atoms with van der Waals surface area (Å²) in [6.45, 7) is -0.0295. The maximum absolute atomic E-state index is 13.5. The summed E-state index contributed by atoms with van der Waals surface area (Å²) in [7, 11) is 3.57. The van der Waals surface area contributed by atoms with Gasteiger partial charge in [0.1, 0.15) is 22.8 Å². The Morgan fingerprint density at radius 1 is 1.22 bits per heavy atom. The molecule has 4 rings (SSSR count). The number of fused-ring (bicyclic) bond motifs is 3. The van der Waals surface area contributed by atoms with Crippen molar-refractivity contribution in [3.8, 4) is 5.75 Å². The maximum Gasteiger partial charge on any atom is 0.255 e. The minimum atomic E-state index is -2.57. The highest BCUT2D eigenvalue weighted by molar-refractivity contribution is 6.24. The molecule has 0 spiro atoms. The Hall–Kier alpha value is -3.37. The molecule has 1 aromatic rings. The number of aromatic hydroxyl groups is 1. The fourth-order valence-electron chi connectivity index (χ4n) is 5.28. The number of anilines is 1. The summed E-state index contributed by atoms with van der Waals surface area (Å²) in [6, 6.07) is 1.70. The lowest BCUT2D eigenvalue weighted by Crippen LogP contribution is -2.57.